The van der Waals surface area contributed by atoms with E-state index in [0.717, 1.165) is 32.1 Å². The predicted molar refractivity (Wildman–Crippen MR) is 128 cm³/mol. The molecule has 7 heteroatoms. The van der Waals surface area contributed by atoms with Crippen LogP contribution in [0.25, 0.3) is 0 Å². The average molecular weight is 463 g/mol. The number of benzene rings is 2. The van der Waals surface area contributed by atoms with Crippen molar-refractivity contribution >= 4 is 29.4 Å². The Labute approximate surface area is 199 Å². The SMILES string of the molecule is CCCCOC(=O)c1ccc(NC(=O)C2CCCCC2CN2C(=O)c3ccccc3C2=O)cc1. The number of unbranched alkanes of at least 4 members (excludes halogenated alkanes) is 1. The number of carbonyl (C=O) groups is 4. The summed E-state index contributed by atoms with van der Waals surface area (Å²) in [5, 5.41) is 2.95. The van der Waals surface area contributed by atoms with Crippen LogP contribution in [-0.4, -0.2) is 41.7 Å². The van der Waals surface area contributed by atoms with Crippen molar-refractivity contribution in [2.45, 2.75) is 45.4 Å². The molecule has 0 radical (unpaired) electrons. The maximum atomic E-state index is 13.1. The van der Waals surface area contributed by atoms with E-state index in [9.17, 15) is 19.2 Å². The first-order valence-corrected chi connectivity index (χ1v) is 12.0. The van der Waals surface area contributed by atoms with Gasteiger partial charge in [0.1, 0.15) is 0 Å². The molecular weight excluding hydrogens is 432 g/mol. The van der Waals surface area contributed by atoms with Crippen LogP contribution in [0.5, 0.6) is 0 Å². The predicted octanol–water partition coefficient (Wildman–Crippen LogP) is 4.68. The highest BCUT2D eigenvalue weighted by atomic mass is 16.5. The number of imide groups is 1. The molecule has 178 valence electrons. The maximum Gasteiger partial charge on any atom is 0.338 e. The molecule has 2 aromatic rings. The molecular formula is C27H30N2O5. The lowest BCUT2D eigenvalue weighted by Crippen LogP contribution is -2.41. The lowest BCUT2D eigenvalue weighted by atomic mass is 9.78. The highest BCUT2D eigenvalue weighted by Crippen LogP contribution is 2.34. The summed E-state index contributed by atoms with van der Waals surface area (Å²) in [4.78, 5) is 52.1. The van der Waals surface area contributed by atoms with E-state index in [1.807, 2.05) is 6.92 Å². The zero-order valence-corrected chi connectivity index (χ0v) is 19.4. The van der Waals surface area contributed by atoms with Crippen LogP contribution in [0, 0.1) is 11.8 Å². The highest BCUT2D eigenvalue weighted by Gasteiger charge is 2.40. The van der Waals surface area contributed by atoms with E-state index >= 15 is 0 Å². The van der Waals surface area contributed by atoms with Gasteiger partial charge in [0.05, 0.1) is 23.3 Å². The molecule has 1 heterocycles. The molecule has 0 bridgehead atoms. The van der Waals surface area contributed by atoms with E-state index in [1.165, 1.54) is 4.90 Å². The fraction of sp³-hybridized carbons (Fsp3) is 0.407. The van der Waals surface area contributed by atoms with Crippen LogP contribution in [0.4, 0.5) is 5.69 Å². The van der Waals surface area contributed by atoms with Crippen molar-refractivity contribution in [1.82, 2.24) is 4.90 Å². The lowest BCUT2D eigenvalue weighted by Gasteiger charge is -2.32. The van der Waals surface area contributed by atoms with Gasteiger partial charge in [-0.3, -0.25) is 19.3 Å². The summed E-state index contributed by atoms with van der Waals surface area (Å²) >= 11 is 0. The van der Waals surface area contributed by atoms with Gasteiger partial charge in [-0.1, -0.05) is 38.3 Å². The normalized spacial score (nSPS) is 19.6. The number of rotatable bonds is 8. The Bertz CT molecular complexity index is 1040. The van der Waals surface area contributed by atoms with E-state index < -0.39 is 0 Å². The number of anilines is 1. The monoisotopic (exact) mass is 462 g/mol. The second kappa shape index (κ2) is 10.6. The molecule has 0 saturated heterocycles. The molecule has 7 nitrogen and oxygen atoms in total. The summed E-state index contributed by atoms with van der Waals surface area (Å²) in [7, 11) is 0. The number of carbonyl (C=O) groups excluding carboxylic acids is 4. The smallest absolute Gasteiger partial charge is 0.338 e. The summed E-state index contributed by atoms with van der Waals surface area (Å²) in [5.74, 6) is -1.46. The number of esters is 1. The van der Waals surface area contributed by atoms with Crippen LogP contribution in [0.3, 0.4) is 0 Å². The van der Waals surface area contributed by atoms with Crippen molar-refractivity contribution in [1.29, 1.82) is 0 Å². The summed E-state index contributed by atoms with van der Waals surface area (Å²) in [5.41, 5.74) is 1.89. The first-order valence-electron chi connectivity index (χ1n) is 12.0. The molecule has 1 saturated carbocycles. The number of fused-ring (bicyclic) bond motifs is 1. The minimum atomic E-state index is -0.375. The molecule has 2 aliphatic rings. The highest BCUT2D eigenvalue weighted by molar-refractivity contribution is 6.21. The van der Waals surface area contributed by atoms with Gasteiger partial charge in [-0.05, 0) is 61.6 Å². The van der Waals surface area contributed by atoms with Crippen LogP contribution in [0.2, 0.25) is 0 Å². The largest absolute Gasteiger partial charge is 0.462 e. The number of hydrogen-bond donors (Lipinski definition) is 1. The lowest BCUT2D eigenvalue weighted by molar-refractivity contribution is -0.122. The van der Waals surface area contributed by atoms with Crippen LogP contribution in [0.1, 0.15) is 76.5 Å². The fourth-order valence-electron chi connectivity index (χ4n) is 4.73. The molecule has 1 aliphatic carbocycles. The molecule has 1 fully saturated rings. The maximum absolute atomic E-state index is 13.1. The van der Waals surface area contributed by atoms with Crippen molar-refractivity contribution in [2.24, 2.45) is 11.8 Å². The van der Waals surface area contributed by atoms with Gasteiger partial charge < -0.3 is 10.1 Å². The van der Waals surface area contributed by atoms with Crippen LogP contribution >= 0.6 is 0 Å². The number of ether oxygens (including phenoxy) is 1. The Morgan fingerprint density at radius 1 is 0.971 bits per heavy atom. The topological polar surface area (TPSA) is 92.8 Å². The number of nitrogens with one attached hydrogen (secondary N) is 1. The van der Waals surface area contributed by atoms with Gasteiger partial charge >= 0.3 is 5.97 Å². The summed E-state index contributed by atoms with van der Waals surface area (Å²) in [6.45, 7) is 2.67. The Morgan fingerprint density at radius 3 is 2.26 bits per heavy atom. The fourth-order valence-corrected chi connectivity index (χ4v) is 4.73. The van der Waals surface area contributed by atoms with Gasteiger partial charge in [0, 0.05) is 18.2 Å². The van der Waals surface area contributed by atoms with Gasteiger partial charge in [0.15, 0.2) is 0 Å². The first kappa shape index (κ1) is 23.7. The van der Waals surface area contributed by atoms with E-state index in [0.29, 0.717) is 35.4 Å². The van der Waals surface area contributed by atoms with Crippen LogP contribution < -0.4 is 5.32 Å². The van der Waals surface area contributed by atoms with Gasteiger partial charge in [-0.2, -0.15) is 0 Å². The standard InChI is InChI=1S/C27H30N2O5/c1-2-3-16-34-27(33)18-12-14-20(15-13-18)28-24(30)21-9-5-4-8-19(21)17-29-25(31)22-10-6-7-11-23(22)26(29)32/h6-7,10-15,19,21H,2-5,8-9,16-17H2,1H3,(H,28,30). The molecule has 34 heavy (non-hydrogen) atoms. The molecule has 2 atom stereocenters. The second-order valence-electron chi connectivity index (χ2n) is 8.97. The second-order valence-corrected chi connectivity index (χ2v) is 8.97. The Hall–Kier alpha value is -3.48. The molecule has 1 aliphatic heterocycles. The third-order valence-electron chi connectivity index (χ3n) is 6.66. The van der Waals surface area contributed by atoms with Crippen molar-refractivity contribution in [3.05, 3.63) is 65.2 Å². The minimum absolute atomic E-state index is 0.0937. The molecule has 2 aromatic carbocycles. The molecule has 0 aromatic heterocycles. The zero-order valence-electron chi connectivity index (χ0n) is 19.4. The third-order valence-corrected chi connectivity index (χ3v) is 6.66. The first-order chi connectivity index (χ1) is 16.5. The van der Waals surface area contributed by atoms with E-state index in [2.05, 4.69) is 5.32 Å². The Kier molecular flexibility index (Phi) is 7.40. The molecule has 4 rings (SSSR count). The number of hydrogen-bond acceptors (Lipinski definition) is 5. The van der Waals surface area contributed by atoms with Crippen LogP contribution in [0.15, 0.2) is 48.5 Å². The molecule has 0 spiro atoms. The molecule has 3 amide bonds. The van der Waals surface area contributed by atoms with Gasteiger partial charge in [-0.25, -0.2) is 4.79 Å². The summed E-state index contributed by atoms with van der Waals surface area (Å²) < 4.78 is 5.22. The van der Waals surface area contributed by atoms with Crippen molar-refractivity contribution < 1.29 is 23.9 Å². The van der Waals surface area contributed by atoms with E-state index in [1.54, 1.807) is 48.5 Å². The van der Waals surface area contributed by atoms with Crippen molar-refractivity contribution in [3.8, 4) is 0 Å². The van der Waals surface area contributed by atoms with Gasteiger partial charge in [0.2, 0.25) is 5.91 Å². The van der Waals surface area contributed by atoms with E-state index in [-0.39, 0.29) is 42.1 Å². The zero-order chi connectivity index (χ0) is 24.1. The van der Waals surface area contributed by atoms with Gasteiger partial charge in [0.25, 0.3) is 11.8 Å². The summed E-state index contributed by atoms with van der Waals surface area (Å²) in [6, 6.07) is 13.5. The van der Waals surface area contributed by atoms with E-state index in [4.69, 9.17) is 4.74 Å². The van der Waals surface area contributed by atoms with Crippen LogP contribution in [-0.2, 0) is 9.53 Å². The van der Waals surface area contributed by atoms with Crippen molar-refractivity contribution in [3.63, 3.8) is 0 Å². The molecule has 2 unspecified atom stereocenters. The van der Waals surface area contributed by atoms with Crippen molar-refractivity contribution in [2.75, 3.05) is 18.5 Å². The molecule has 1 N–H and O–H groups in total. The number of nitrogens with zero attached hydrogens (tertiary/aromatic N) is 1. The summed E-state index contributed by atoms with van der Waals surface area (Å²) in [6.07, 6.45) is 5.16. The average Bonchev–Trinajstić information content (AvgIpc) is 3.10. The minimum Gasteiger partial charge on any atom is -0.462 e. The Balaban J connectivity index is 1.39. The quantitative estimate of drug-likeness (QED) is 0.349. The number of amides is 3. The third kappa shape index (κ3) is 5.03. The Morgan fingerprint density at radius 2 is 1.62 bits per heavy atom. The van der Waals surface area contributed by atoms with Gasteiger partial charge in [-0.15, -0.1) is 0 Å².